The zero-order chi connectivity index (χ0) is 14.1. The summed E-state index contributed by atoms with van der Waals surface area (Å²) in [7, 11) is 0. The Labute approximate surface area is 120 Å². The SMILES string of the molecule is CC(C)N1CCN(C(=O)C2Cc3ccccc3O2)CC1. The van der Waals surface area contributed by atoms with Crippen molar-refractivity contribution in [2.45, 2.75) is 32.4 Å². The Kier molecular flexibility index (Phi) is 3.66. The number of hydrogen-bond donors (Lipinski definition) is 0. The van der Waals surface area contributed by atoms with Crippen LogP contribution in [0.4, 0.5) is 0 Å². The molecule has 4 nitrogen and oxygen atoms in total. The van der Waals surface area contributed by atoms with Crippen LogP contribution in [0.2, 0.25) is 0 Å². The molecule has 108 valence electrons. The Bertz CT molecular complexity index is 468. The molecule has 1 aromatic carbocycles. The second-order valence-electron chi connectivity index (χ2n) is 5.87. The number of carbonyl (C=O) groups is 1. The number of rotatable bonds is 2. The van der Waals surface area contributed by atoms with E-state index in [1.54, 1.807) is 0 Å². The summed E-state index contributed by atoms with van der Waals surface area (Å²) in [5, 5.41) is 0. The van der Waals surface area contributed by atoms with Gasteiger partial charge in [-0.2, -0.15) is 0 Å². The largest absolute Gasteiger partial charge is 0.480 e. The van der Waals surface area contributed by atoms with Crippen LogP contribution in [0.5, 0.6) is 5.75 Å². The molecule has 1 amide bonds. The highest BCUT2D eigenvalue weighted by molar-refractivity contribution is 5.82. The molecule has 4 heteroatoms. The lowest BCUT2D eigenvalue weighted by molar-refractivity contribution is -0.139. The average molecular weight is 274 g/mol. The van der Waals surface area contributed by atoms with Crippen LogP contribution in [0.25, 0.3) is 0 Å². The van der Waals surface area contributed by atoms with Crippen LogP contribution in [0, 0.1) is 0 Å². The summed E-state index contributed by atoms with van der Waals surface area (Å²) in [4.78, 5) is 16.9. The maximum Gasteiger partial charge on any atom is 0.264 e. The third kappa shape index (κ3) is 2.52. The van der Waals surface area contributed by atoms with Crippen molar-refractivity contribution in [1.29, 1.82) is 0 Å². The summed E-state index contributed by atoms with van der Waals surface area (Å²) in [6.45, 7) is 7.95. The predicted molar refractivity (Wildman–Crippen MR) is 77.9 cm³/mol. The number of hydrogen-bond acceptors (Lipinski definition) is 3. The fraction of sp³-hybridized carbons (Fsp3) is 0.562. The van der Waals surface area contributed by atoms with Crippen LogP contribution in [-0.4, -0.2) is 54.0 Å². The fourth-order valence-electron chi connectivity index (χ4n) is 2.98. The van der Waals surface area contributed by atoms with E-state index in [1.807, 2.05) is 29.2 Å². The Balaban J connectivity index is 1.59. The standard InChI is InChI=1S/C16H22N2O2/c1-12(2)17-7-9-18(10-8-17)16(19)15-11-13-5-3-4-6-14(13)20-15/h3-6,12,15H,7-11H2,1-2H3. The average Bonchev–Trinajstić information content (AvgIpc) is 2.90. The van der Waals surface area contributed by atoms with E-state index in [0.717, 1.165) is 37.5 Å². The van der Waals surface area contributed by atoms with E-state index in [0.29, 0.717) is 12.5 Å². The molecule has 0 N–H and O–H groups in total. The van der Waals surface area contributed by atoms with Gasteiger partial charge in [0, 0.05) is 38.6 Å². The molecule has 3 rings (SSSR count). The quantitative estimate of drug-likeness (QED) is 0.820. The fourth-order valence-corrected chi connectivity index (χ4v) is 2.98. The zero-order valence-electron chi connectivity index (χ0n) is 12.2. The third-order valence-electron chi connectivity index (χ3n) is 4.28. The van der Waals surface area contributed by atoms with Gasteiger partial charge < -0.3 is 9.64 Å². The van der Waals surface area contributed by atoms with E-state index in [9.17, 15) is 4.79 Å². The lowest BCUT2D eigenvalue weighted by atomic mass is 10.1. The lowest BCUT2D eigenvalue weighted by Gasteiger charge is -2.37. The highest BCUT2D eigenvalue weighted by Gasteiger charge is 2.33. The van der Waals surface area contributed by atoms with Crippen LogP contribution < -0.4 is 4.74 Å². The van der Waals surface area contributed by atoms with Crippen LogP contribution in [0.15, 0.2) is 24.3 Å². The molecule has 1 unspecified atom stereocenters. The van der Waals surface area contributed by atoms with Crippen molar-refractivity contribution < 1.29 is 9.53 Å². The first-order chi connectivity index (χ1) is 9.65. The van der Waals surface area contributed by atoms with Crippen molar-refractivity contribution in [3.63, 3.8) is 0 Å². The second kappa shape index (κ2) is 5.44. The zero-order valence-corrected chi connectivity index (χ0v) is 12.2. The molecule has 2 heterocycles. The van der Waals surface area contributed by atoms with E-state index >= 15 is 0 Å². The van der Waals surface area contributed by atoms with Crippen molar-refractivity contribution in [3.8, 4) is 5.75 Å². The topological polar surface area (TPSA) is 32.8 Å². The smallest absolute Gasteiger partial charge is 0.264 e. The van der Waals surface area contributed by atoms with Gasteiger partial charge in [-0.25, -0.2) is 0 Å². The summed E-state index contributed by atoms with van der Waals surface area (Å²) < 4.78 is 5.79. The maximum atomic E-state index is 12.5. The molecule has 0 spiro atoms. The van der Waals surface area contributed by atoms with Crippen molar-refractivity contribution in [3.05, 3.63) is 29.8 Å². The summed E-state index contributed by atoms with van der Waals surface area (Å²) in [6, 6.07) is 8.49. The van der Waals surface area contributed by atoms with Gasteiger partial charge in [-0.3, -0.25) is 9.69 Å². The van der Waals surface area contributed by atoms with Gasteiger partial charge in [0.05, 0.1) is 0 Å². The molecular weight excluding hydrogens is 252 g/mol. The molecule has 1 fully saturated rings. The first-order valence-electron chi connectivity index (χ1n) is 7.42. The van der Waals surface area contributed by atoms with E-state index in [1.165, 1.54) is 0 Å². The van der Waals surface area contributed by atoms with Crippen molar-refractivity contribution >= 4 is 5.91 Å². The van der Waals surface area contributed by atoms with E-state index in [-0.39, 0.29) is 12.0 Å². The van der Waals surface area contributed by atoms with Crippen molar-refractivity contribution in [1.82, 2.24) is 9.80 Å². The van der Waals surface area contributed by atoms with Gasteiger partial charge in [-0.15, -0.1) is 0 Å². The van der Waals surface area contributed by atoms with Gasteiger partial charge in [0.25, 0.3) is 5.91 Å². The molecule has 1 saturated heterocycles. The molecular formula is C16H22N2O2. The van der Waals surface area contributed by atoms with Crippen molar-refractivity contribution in [2.24, 2.45) is 0 Å². The Hall–Kier alpha value is -1.55. The Morgan fingerprint density at radius 2 is 1.90 bits per heavy atom. The number of amides is 1. The molecule has 0 aromatic heterocycles. The van der Waals surface area contributed by atoms with Gasteiger partial charge in [-0.1, -0.05) is 18.2 Å². The van der Waals surface area contributed by atoms with Gasteiger partial charge in [0.15, 0.2) is 6.10 Å². The first kappa shape index (κ1) is 13.4. The van der Waals surface area contributed by atoms with Crippen LogP contribution in [0.1, 0.15) is 19.4 Å². The molecule has 2 aliphatic rings. The summed E-state index contributed by atoms with van der Waals surface area (Å²) in [5.74, 6) is 1.01. The second-order valence-corrected chi connectivity index (χ2v) is 5.87. The van der Waals surface area contributed by atoms with E-state index < -0.39 is 0 Å². The molecule has 2 aliphatic heterocycles. The number of para-hydroxylation sites is 1. The minimum Gasteiger partial charge on any atom is -0.480 e. The first-order valence-corrected chi connectivity index (χ1v) is 7.42. The van der Waals surface area contributed by atoms with Crippen LogP contribution in [0.3, 0.4) is 0 Å². The van der Waals surface area contributed by atoms with Gasteiger partial charge in [-0.05, 0) is 25.5 Å². The monoisotopic (exact) mass is 274 g/mol. The third-order valence-corrected chi connectivity index (χ3v) is 4.28. The van der Waals surface area contributed by atoms with Gasteiger partial charge in [0.2, 0.25) is 0 Å². The van der Waals surface area contributed by atoms with Gasteiger partial charge >= 0.3 is 0 Å². The van der Waals surface area contributed by atoms with Gasteiger partial charge in [0.1, 0.15) is 5.75 Å². The highest BCUT2D eigenvalue weighted by Crippen LogP contribution is 2.29. The summed E-state index contributed by atoms with van der Waals surface area (Å²) in [5.41, 5.74) is 1.15. The van der Waals surface area contributed by atoms with E-state index in [2.05, 4.69) is 18.7 Å². The van der Waals surface area contributed by atoms with Crippen molar-refractivity contribution in [2.75, 3.05) is 26.2 Å². The molecule has 1 atom stereocenters. The molecule has 0 radical (unpaired) electrons. The summed E-state index contributed by atoms with van der Waals surface area (Å²) in [6.07, 6.45) is 0.386. The summed E-state index contributed by atoms with van der Waals surface area (Å²) >= 11 is 0. The minimum absolute atomic E-state index is 0.143. The van der Waals surface area contributed by atoms with E-state index in [4.69, 9.17) is 4.74 Å². The highest BCUT2D eigenvalue weighted by atomic mass is 16.5. The number of fused-ring (bicyclic) bond motifs is 1. The number of ether oxygens (including phenoxy) is 1. The maximum absolute atomic E-state index is 12.5. The number of benzene rings is 1. The Morgan fingerprint density at radius 3 is 2.55 bits per heavy atom. The van der Waals surface area contributed by atoms with Crippen LogP contribution in [-0.2, 0) is 11.2 Å². The lowest BCUT2D eigenvalue weighted by Crippen LogP contribution is -2.53. The molecule has 0 bridgehead atoms. The Morgan fingerprint density at radius 1 is 1.20 bits per heavy atom. The molecule has 20 heavy (non-hydrogen) atoms. The predicted octanol–water partition coefficient (Wildman–Crippen LogP) is 1.54. The normalized spacial score (nSPS) is 22.8. The minimum atomic E-state index is -0.321. The number of carbonyl (C=O) groups excluding carboxylic acids is 1. The molecule has 0 aliphatic carbocycles. The molecule has 1 aromatic rings. The molecule has 0 saturated carbocycles. The number of piperazine rings is 1. The van der Waals surface area contributed by atoms with Crippen LogP contribution >= 0.6 is 0 Å². The number of nitrogens with zero attached hydrogens (tertiary/aromatic N) is 2.